The fraction of sp³-hybridized carbons (Fsp3) is 0.158. The second-order valence-corrected chi connectivity index (χ2v) is 41.7. The highest BCUT2D eigenvalue weighted by atomic mass is 28.3. The molecule has 6 aliphatic rings. The van der Waals surface area contributed by atoms with Crippen LogP contribution in [0.1, 0.15) is 108 Å². The van der Waals surface area contributed by atoms with Gasteiger partial charge in [0, 0.05) is 97.5 Å². The minimum absolute atomic E-state index is 0.186. The Morgan fingerprint density at radius 1 is 0.215 bits per heavy atom. The van der Waals surface area contributed by atoms with Crippen LogP contribution in [0.15, 0.2) is 413 Å². The minimum atomic E-state index is -2.36. The maximum atomic E-state index is 2.44. The summed E-state index contributed by atoms with van der Waals surface area (Å²) in [6.45, 7) is 9.50. The van der Waals surface area contributed by atoms with Crippen LogP contribution in [-0.4, -0.2) is 51.4 Å². The van der Waals surface area contributed by atoms with Crippen LogP contribution in [0, 0.1) is 0 Å². The van der Waals surface area contributed by atoms with E-state index in [9.17, 15) is 0 Å². The summed E-state index contributed by atoms with van der Waals surface area (Å²) >= 11 is 0. The van der Waals surface area contributed by atoms with Crippen molar-refractivity contribution < 1.29 is 0 Å². The Morgan fingerprint density at radius 3 is 0.760 bits per heavy atom. The topological polar surface area (TPSA) is 16.2 Å². The molecule has 0 aromatic heterocycles. The van der Waals surface area contributed by atoms with E-state index >= 15 is 0 Å². The molecule has 0 atom stereocenters. The number of unbranched alkanes of at least 4 members (excludes halogenated alkanes) is 2. The quantitative estimate of drug-likeness (QED) is 0.127. The van der Waals surface area contributed by atoms with Crippen molar-refractivity contribution in [2.75, 3.05) is 59.7 Å². The summed E-state index contributed by atoms with van der Waals surface area (Å²) in [5, 5.41) is 8.88. The standard InChI is InChI=1S/C26H19N.C26H21N.C25H21NSi.C22H29N.C15H17NSi/c1-27-24-16-8-6-14-22(24)26(23-15-7-9-17-25(23)27)20-12-4-2-10-18(20)19-11-3-5-13-21(19)26;1-27-24-18-10-8-16-22(24)26(20-12-4-2-5-13-20,21-14-6-3-7-15-21)23-17-9-11-19-25(23)27;1-26-22-16-8-10-18-24(22)27(20-12-4-2-5-13-20,21-14-6-3-7-15-21)25-19-11-9-17-23(25)26;1-4-6-16-22(17-7-5-2)18-12-8-10-14-20(18)23(3)21-15-11-9-13-19(21)22;1-16-12-8-4-6-10-14(12)17(2,3)15-11-7-5-9-13(15)16/h2-17H,1H3;2*2-19H,1H3;8-15H,4-7,16-17H2,1-3H3;4-11H,1-3H3. The number of benzene rings is 16. The summed E-state index contributed by atoms with van der Waals surface area (Å²) in [5.41, 5.74) is 29.3. The summed E-state index contributed by atoms with van der Waals surface area (Å²) in [7, 11) is 7.03. The lowest BCUT2D eigenvalue weighted by molar-refractivity contribution is 0.403. The van der Waals surface area contributed by atoms with Gasteiger partial charge in [-0.15, -0.1) is 0 Å². The molecule has 0 amide bonds. The van der Waals surface area contributed by atoms with Gasteiger partial charge in [0.15, 0.2) is 8.07 Å². The smallest absolute Gasteiger partial charge is 0.183 e. The van der Waals surface area contributed by atoms with E-state index in [1.807, 2.05) is 0 Å². The second kappa shape index (κ2) is 33.3. The number of nitrogens with zero attached hydrogens (tertiary/aromatic N) is 5. The van der Waals surface area contributed by atoms with E-state index in [0.717, 1.165) is 0 Å². The SMILES string of the molecule is CCCCC1(CCCC)c2ccccc2N(C)c2ccccc21.CN1c2ccccc2C(c2ccccc2)(c2ccccc2)c2ccccc21.CN1c2ccccc2C2(c3ccccc3-c3ccccc32)c2ccccc21.CN1c2ccccc2[Si](C)(C)c2ccccc21.CN1c2ccccc2[Si](c2ccccc2)(c2ccccc2)c2ccccc21. The van der Waals surface area contributed by atoms with Crippen LogP contribution in [0.5, 0.6) is 0 Å². The Morgan fingerprint density at radius 2 is 0.438 bits per heavy atom. The Bertz CT molecular complexity index is 5690. The molecular formula is C114H107N5Si2. The molecule has 0 unspecified atom stereocenters. The number of fused-ring (bicyclic) bond motifs is 17. The Labute approximate surface area is 719 Å². The molecule has 5 heterocycles. The van der Waals surface area contributed by atoms with E-state index in [1.54, 1.807) is 10.4 Å². The Balaban J connectivity index is 0.000000104. The Kier molecular flexibility index (Phi) is 21.8. The van der Waals surface area contributed by atoms with Gasteiger partial charge in [-0.3, -0.25) is 0 Å². The van der Waals surface area contributed by atoms with Gasteiger partial charge in [-0.25, -0.2) is 0 Å². The van der Waals surface area contributed by atoms with Crippen molar-refractivity contribution in [2.24, 2.45) is 0 Å². The van der Waals surface area contributed by atoms with Crippen LogP contribution in [0.25, 0.3) is 11.1 Å². The van der Waals surface area contributed by atoms with E-state index in [4.69, 9.17) is 0 Å². The fourth-order valence-corrected chi connectivity index (χ4v) is 29.9. The summed E-state index contributed by atoms with van der Waals surface area (Å²) in [4.78, 5) is 11.7. The zero-order valence-electron chi connectivity index (χ0n) is 71.2. The first-order valence-electron chi connectivity index (χ1n) is 43.4. The molecule has 0 saturated carbocycles. The zero-order chi connectivity index (χ0) is 82.9. The van der Waals surface area contributed by atoms with Gasteiger partial charge < -0.3 is 24.5 Å². The number of para-hydroxylation sites is 10. The molecule has 0 radical (unpaired) electrons. The first-order chi connectivity index (χ1) is 59.4. The lowest BCUT2D eigenvalue weighted by Gasteiger charge is -2.45. The van der Waals surface area contributed by atoms with E-state index in [-0.39, 0.29) is 16.2 Å². The van der Waals surface area contributed by atoms with Gasteiger partial charge in [0.25, 0.3) is 0 Å². The first kappa shape index (κ1) is 79.1. The van der Waals surface area contributed by atoms with Crippen molar-refractivity contribution in [1.82, 2.24) is 0 Å². The normalized spacial score (nSPS) is 14.9. The molecular weight excluding hydrogens is 1500 g/mol. The molecule has 596 valence electrons. The van der Waals surface area contributed by atoms with Crippen LogP contribution in [0.2, 0.25) is 13.1 Å². The molecule has 1 spiro atoms. The number of hydrogen-bond acceptors (Lipinski definition) is 5. The molecule has 0 saturated heterocycles. The highest BCUT2D eigenvalue weighted by molar-refractivity contribution is 7.21. The van der Waals surface area contributed by atoms with Gasteiger partial charge in [-0.2, -0.15) is 0 Å². The molecule has 121 heavy (non-hydrogen) atoms. The largest absolute Gasteiger partial charge is 0.345 e. The molecule has 7 heteroatoms. The van der Waals surface area contributed by atoms with Gasteiger partial charge in [0.2, 0.25) is 0 Å². The van der Waals surface area contributed by atoms with E-state index in [1.165, 1.54) is 183 Å². The van der Waals surface area contributed by atoms with Crippen LogP contribution in [0.4, 0.5) is 56.9 Å². The third-order valence-corrected chi connectivity index (χ3v) is 35.5. The number of anilines is 10. The molecule has 5 aliphatic heterocycles. The summed E-state index contributed by atoms with van der Waals surface area (Å²) in [6.07, 6.45) is 7.60. The fourth-order valence-electron chi connectivity index (χ4n) is 21.6. The third-order valence-electron chi connectivity index (χ3n) is 27.1. The average molecular weight is 1600 g/mol. The van der Waals surface area contributed by atoms with E-state index in [0.29, 0.717) is 0 Å². The summed E-state index contributed by atoms with van der Waals surface area (Å²) in [6, 6.07) is 151. The highest BCUT2D eigenvalue weighted by Crippen LogP contribution is 2.63. The van der Waals surface area contributed by atoms with Crippen LogP contribution in [-0.2, 0) is 16.2 Å². The molecule has 16 aromatic rings. The van der Waals surface area contributed by atoms with Crippen molar-refractivity contribution in [3.05, 3.63) is 468 Å². The predicted molar refractivity (Wildman–Crippen MR) is 521 cm³/mol. The molecule has 22 rings (SSSR count). The zero-order valence-corrected chi connectivity index (χ0v) is 73.2. The lowest BCUT2D eigenvalue weighted by Crippen LogP contribution is -2.77. The van der Waals surface area contributed by atoms with Crippen molar-refractivity contribution >= 4 is 104 Å². The Hall–Kier alpha value is -13.0. The van der Waals surface area contributed by atoms with E-state index < -0.39 is 16.1 Å². The molecule has 0 fully saturated rings. The van der Waals surface area contributed by atoms with Crippen molar-refractivity contribution in [3.8, 4) is 11.1 Å². The monoisotopic (exact) mass is 1600 g/mol. The summed E-state index contributed by atoms with van der Waals surface area (Å²) < 4.78 is 0. The highest BCUT2D eigenvalue weighted by Gasteiger charge is 2.52. The van der Waals surface area contributed by atoms with Gasteiger partial charge in [-0.05, 0) is 171 Å². The first-order valence-corrected chi connectivity index (χ1v) is 48.4. The number of rotatable bonds is 10. The predicted octanol–water partition coefficient (Wildman–Crippen LogP) is 24.5. The average Bonchev–Trinajstić information content (AvgIpc) is 1.51. The van der Waals surface area contributed by atoms with Gasteiger partial charge in [0.05, 0.1) is 10.8 Å². The van der Waals surface area contributed by atoms with Crippen LogP contribution < -0.4 is 55.6 Å². The molecule has 5 nitrogen and oxygen atoms in total. The van der Waals surface area contributed by atoms with E-state index in [2.05, 4.69) is 499 Å². The van der Waals surface area contributed by atoms with Crippen molar-refractivity contribution in [1.29, 1.82) is 0 Å². The van der Waals surface area contributed by atoms with Crippen LogP contribution >= 0.6 is 0 Å². The molecule has 1 aliphatic carbocycles. The number of hydrogen-bond donors (Lipinski definition) is 0. The van der Waals surface area contributed by atoms with Gasteiger partial charge in [-0.1, -0.05) is 404 Å². The maximum absolute atomic E-state index is 2.44. The molecule has 0 N–H and O–H groups in total. The van der Waals surface area contributed by atoms with Gasteiger partial charge >= 0.3 is 0 Å². The van der Waals surface area contributed by atoms with Crippen LogP contribution in [0.3, 0.4) is 0 Å². The van der Waals surface area contributed by atoms with Crippen molar-refractivity contribution in [3.63, 3.8) is 0 Å². The van der Waals surface area contributed by atoms with Crippen molar-refractivity contribution in [2.45, 2.75) is 81.7 Å². The third kappa shape index (κ3) is 13.0. The second-order valence-electron chi connectivity index (χ2n) is 33.7. The van der Waals surface area contributed by atoms with Gasteiger partial charge in [0.1, 0.15) is 8.07 Å². The lowest BCUT2D eigenvalue weighted by atomic mass is 9.62. The molecule has 0 bridgehead atoms. The minimum Gasteiger partial charge on any atom is -0.345 e. The molecule has 16 aromatic carbocycles. The maximum Gasteiger partial charge on any atom is 0.183 e. The summed E-state index contributed by atoms with van der Waals surface area (Å²) in [5.74, 6) is 0.